The van der Waals surface area contributed by atoms with Gasteiger partial charge in [0.1, 0.15) is 0 Å². The Hall–Kier alpha value is -1.56. The van der Waals surface area contributed by atoms with E-state index >= 15 is 0 Å². The van der Waals surface area contributed by atoms with E-state index in [1.165, 1.54) is 17.0 Å². The number of hydrogen-bond acceptors (Lipinski definition) is 6. The molecule has 0 radical (unpaired) electrons. The molecule has 1 aliphatic rings. The van der Waals surface area contributed by atoms with Crippen molar-refractivity contribution in [3.63, 3.8) is 0 Å². The van der Waals surface area contributed by atoms with Crippen molar-refractivity contribution >= 4 is 17.3 Å². The lowest BCUT2D eigenvalue weighted by Gasteiger charge is -2.30. The molecule has 2 aromatic heterocycles. The van der Waals surface area contributed by atoms with E-state index < -0.39 is 0 Å². The SMILES string of the molecule is CCc1nnc(N(C)C2CCCc3nc(C)sc32)nc1CC. The molecular formula is C16H23N5S. The van der Waals surface area contributed by atoms with Gasteiger partial charge in [-0.2, -0.15) is 5.10 Å². The second-order valence-electron chi connectivity index (χ2n) is 5.78. The monoisotopic (exact) mass is 317 g/mol. The summed E-state index contributed by atoms with van der Waals surface area (Å²) >= 11 is 1.81. The summed E-state index contributed by atoms with van der Waals surface area (Å²) in [4.78, 5) is 13.0. The zero-order valence-electron chi connectivity index (χ0n) is 13.8. The maximum atomic E-state index is 4.75. The normalized spacial score (nSPS) is 17.4. The largest absolute Gasteiger partial charge is 0.335 e. The van der Waals surface area contributed by atoms with Crippen LogP contribution in [0.25, 0.3) is 0 Å². The van der Waals surface area contributed by atoms with Crippen molar-refractivity contribution in [3.05, 3.63) is 27.0 Å². The Morgan fingerprint density at radius 1 is 1.14 bits per heavy atom. The Morgan fingerprint density at radius 2 is 1.91 bits per heavy atom. The zero-order chi connectivity index (χ0) is 15.7. The zero-order valence-corrected chi connectivity index (χ0v) is 14.6. The lowest BCUT2D eigenvalue weighted by atomic mass is 9.97. The summed E-state index contributed by atoms with van der Waals surface area (Å²) in [5.74, 6) is 0.734. The van der Waals surface area contributed by atoms with Crippen molar-refractivity contribution in [2.45, 2.75) is 58.9 Å². The molecule has 0 bridgehead atoms. The van der Waals surface area contributed by atoms with E-state index in [-0.39, 0.29) is 0 Å². The molecule has 0 saturated heterocycles. The van der Waals surface area contributed by atoms with Crippen molar-refractivity contribution in [2.24, 2.45) is 0 Å². The van der Waals surface area contributed by atoms with Gasteiger partial charge in [-0.3, -0.25) is 0 Å². The second kappa shape index (κ2) is 6.28. The predicted molar refractivity (Wildman–Crippen MR) is 89.5 cm³/mol. The van der Waals surface area contributed by atoms with Crippen LogP contribution < -0.4 is 4.90 Å². The molecular weight excluding hydrogens is 294 g/mol. The molecule has 3 rings (SSSR count). The van der Waals surface area contributed by atoms with Crippen LogP contribution in [0.15, 0.2) is 0 Å². The minimum absolute atomic E-state index is 0.328. The average Bonchev–Trinajstić information content (AvgIpc) is 2.93. The van der Waals surface area contributed by atoms with E-state index in [0.29, 0.717) is 6.04 Å². The molecule has 0 aromatic carbocycles. The quantitative estimate of drug-likeness (QED) is 0.866. The third-order valence-corrected chi connectivity index (χ3v) is 5.42. The van der Waals surface area contributed by atoms with Gasteiger partial charge in [-0.15, -0.1) is 16.4 Å². The molecule has 0 spiro atoms. The van der Waals surface area contributed by atoms with E-state index in [4.69, 9.17) is 4.98 Å². The minimum atomic E-state index is 0.328. The molecule has 1 unspecified atom stereocenters. The Morgan fingerprint density at radius 3 is 2.64 bits per heavy atom. The van der Waals surface area contributed by atoms with Gasteiger partial charge in [-0.25, -0.2) is 9.97 Å². The molecule has 0 fully saturated rings. The van der Waals surface area contributed by atoms with Crippen LogP contribution in [0.3, 0.4) is 0 Å². The maximum Gasteiger partial charge on any atom is 0.245 e. The summed E-state index contributed by atoms with van der Waals surface area (Å²) in [6.07, 6.45) is 5.18. The van der Waals surface area contributed by atoms with Crippen molar-refractivity contribution in [2.75, 3.05) is 11.9 Å². The van der Waals surface area contributed by atoms with Gasteiger partial charge in [0.25, 0.3) is 0 Å². The summed E-state index contributed by atoms with van der Waals surface area (Å²) in [5, 5.41) is 9.89. The topological polar surface area (TPSA) is 54.8 Å². The standard InChI is InChI=1S/C16H23N5S/c1-5-11-12(6-2)19-20-16(18-11)21(4)14-9-7-8-13-15(14)22-10(3)17-13/h14H,5-9H2,1-4H3. The predicted octanol–water partition coefficient (Wildman–Crippen LogP) is 3.28. The lowest BCUT2D eigenvalue weighted by molar-refractivity contribution is 0.537. The molecule has 0 N–H and O–H groups in total. The number of fused-ring (bicyclic) bond motifs is 1. The molecule has 1 atom stereocenters. The number of hydrogen-bond donors (Lipinski definition) is 0. The Bertz CT molecular complexity index is 667. The summed E-state index contributed by atoms with van der Waals surface area (Å²) in [7, 11) is 2.08. The van der Waals surface area contributed by atoms with Gasteiger partial charge >= 0.3 is 0 Å². The number of rotatable bonds is 4. The van der Waals surface area contributed by atoms with Crippen LogP contribution in [-0.2, 0) is 19.3 Å². The van der Waals surface area contributed by atoms with E-state index in [9.17, 15) is 0 Å². The van der Waals surface area contributed by atoms with Gasteiger partial charge in [0.15, 0.2) is 0 Å². The van der Waals surface area contributed by atoms with Crippen molar-refractivity contribution in [1.82, 2.24) is 20.2 Å². The van der Waals surface area contributed by atoms with Gasteiger partial charge in [-0.05, 0) is 39.0 Å². The van der Waals surface area contributed by atoms with Crippen LogP contribution in [-0.4, -0.2) is 27.2 Å². The van der Waals surface area contributed by atoms with Crippen LogP contribution in [0.1, 0.15) is 59.7 Å². The molecule has 1 aliphatic carbocycles. The highest BCUT2D eigenvalue weighted by Crippen LogP contribution is 2.38. The Kier molecular flexibility index (Phi) is 4.38. The molecule has 2 heterocycles. The summed E-state index contributed by atoms with van der Waals surface area (Å²) in [6.45, 7) is 6.31. The fourth-order valence-electron chi connectivity index (χ4n) is 3.11. The first-order valence-electron chi connectivity index (χ1n) is 8.05. The van der Waals surface area contributed by atoms with Gasteiger partial charge in [0, 0.05) is 7.05 Å². The van der Waals surface area contributed by atoms with E-state index in [1.807, 2.05) is 11.3 Å². The third kappa shape index (κ3) is 2.72. The maximum absolute atomic E-state index is 4.75. The van der Waals surface area contributed by atoms with E-state index in [0.717, 1.165) is 48.0 Å². The molecule has 6 heteroatoms. The summed E-state index contributed by atoms with van der Waals surface area (Å²) in [6, 6.07) is 0.328. The molecule has 5 nitrogen and oxygen atoms in total. The van der Waals surface area contributed by atoms with Gasteiger partial charge < -0.3 is 4.90 Å². The van der Waals surface area contributed by atoms with Crippen LogP contribution in [0.5, 0.6) is 0 Å². The second-order valence-corrected chi connectivity index (χ2v) is 7.01. The first-order valence-corrected chi connectivity index (χ1v) is 8.87. The molecule has 118 valence electrons. The molecule has 0 aliphatic heterocycles. The smallest absolute Gasteiger partial charge is 0.245 e. The first kappa shape index (κ1) is 15.3. The molecule has 0 saturated carbocycles. The van der Waals surface area contributed by atoms with E-state index in [1.54, 1.807) is 0 Å². The molecule has 0 amide bonds. The van der Waals surface area contributed by atoms with Crippen molar-refractivity contribution < 1.29 is 0 Å². The highest BCUT2D eigenvalue weighted by Gasteiger charge is 2.28. The number of anilines is 1. The number of aromatic nitrogens is 4. The number of aryl methyl sites for hydroxylation is 4. The third-order valence-electron chi connectivity index (χ3n) is 4.31. The Labute approximate surface area is 135 Å². The number of nitrogens with zero attached hydrogens (tertiary/aromatic N) is 5. The summed E-state index contributed by atoms with van der Waals surface area (Å²) in [5.41, 5.74) is 3.34. The number of thiazole rings is 1. The average molecular weight is 317 g/mol. The van der Waals surface area contributed by atoms with Crippen LogP contribution in [0, 0.1) is 6.92 Å². The van der Waals surface area contributed by atoms with Crippen molar-refractivity contribution in [3.8, 4) is 0 Å². The Balaban J connectivity index is 1.93. The molecule has 2 aromatic rings. The van der Waals surface area contributed by atoms with Crippen molar-refractivity contribution in [1.29, 1.82) is 0 Å². The van der Waals surface area contributed by atoms with Crippen LogP contribution in [0.2, 0.25) is 0 Å². The van der Waals surface area contributed by atoms with Crippen LogP contribution >= 0.6 is 11.3 Å². The van der Waals surface area contributed by atoms with E-state index in [2.05, 4.69) is 47.9 Å². The van der Waals surface area contributed by atoms with Gasteiger partial charge in [-0.1, -0.05) is 13.8 Å². The lowest BCUT2D eigenvalue weighted by Crippen LogP contribution is -2.29. The summed E-state index contributed by atoms with van der Waals surface area (Å²) < 4.78 is 0. The fourth-order valence-corrected chi connectivity index (χ4v) is 4.26. The van der Waals surface area contributed by atoms with Gasteiger partial charge in [0.2, 0.25) is 5.95 Å². The van der Waals surface area contributed by atoms with Crippen LogP contribution in [0.4, 0.5) is 5.95 Å². The highest BCUT2D eigenvalue weighted by molar-refractivity contribution is 7.11. The first-order chi connectivity index (χ1) is 10.6. The minimum Gasteiger partial charge on any atom is -0.335 e. The highest BCUT2D eigenvalue weighted by atomic mass is 32.1. The van der Waals surface area contributed by atoms with Gasteiger partial charge in [0.05, 0.1) is 33.0 Å². The fraction of sp³-hybridized carbons (Fsp3) is 0.625. The molecule has 22 heavy (non-hydrogen) atoms.